The van der Waals surface area contributed by atoms with Crippen molar-refractivity contribution >= 4 is 10.0 Å². The van der Waals surface area contributed by atoms with E-state index in [2.05, 4.69) is 4.98 Å². The molecule has 19 heavy (non-hydrogen) atoms. The van der Waals surface area contributed by atoms with E-state index in [1.54, 1.807) is 22.6 Å². The van der Waals surface area contributed by atoms with Gasteiger partial charge in [0.15, 0.2) is 0 Å². The maximum Gasteiger partial charge on any atom is 0.245 e. The average Bonchev–Trinajstić information content (AvgIpc) is 3.19. The van der Waals surface area contributed by atoms with Gasteiger partial charge in [-0.1, -0.05) is 13.8 Å². The topological polar surface area (TPSA) is 76.3 Å². The Balaban J connectivity index is 2.39. The van der Waals surface area contributed by atoms with Gasteiger partial charge in [0.1, 0.15) is 4.90 Å². The van der Waals surface area contributed by atoms with Crippen molar-refractivity contribution in [3.05, 3.63) is 24.0 Å². The van der Waals surface area contributed by atoms with Gasteiger partial charge in [-0.3, -0.25) is 4.98 Å². The molecule has 1 aromatic rings. The van der Waals surface area contributed by atoms with Crippen LogP contribution in [-0.4, -0.2) is 30.3 Å². The van der Waals surface area contributed by atoms with Crippen LogP contribution in [0.25, 0.3) is 0 Å². The minimum Gasteiger partial charge on any atom is -0.325 e. The van der Waals surface area contributed by atoms with Crippen LogP contribution >= 0.6 is 0 Å². The number of pyridine rings is 1. The largest absolute Gasteiger partial charge is 0.325 e. The zero-order valence-corrected chi connectivity index (χ0v) is 12.2. The second-order valence-electron chi connectivity index (χ2n) is 5.35. The third-order valence-electron chi connectivity index (χ3n) is 3.13. The Morgan fingerprint density at radius 3 is 2.68 bits per heavy atom. The number of nitrogens with two attached hydrogens (primary N) is 1. The molecule has 0 unspecified atom stereocenters. The quantitative estimate of drug-likeness (QED) is 0.855. The third-order valence-corrected chi connectivity index (χ3v) is 5.12. The van der Waals surface area contributed by atoms with E-state index in [0.717, 1.165) is 12.8 Å². The Morgan fingerprint density at radius 1 is 1.47 bits per heavy atom. The van der Waals surface area contributed by atoms with Crippen molar-refractivity contribution in [3.8, 4) is 0 Å². The van der Waals surface area contributed by atoms with Crippen molar-refractivity contribution in [3.63, 3.8) is 0 Å². The van der Waals surface area contributed by atoms with Gasteiger partial charge in [-0.25, -0.2) is 8.42 Å². The number of nitrogens with zero attached hydrogens (tertiary/aromatic N) is 2. The van der Waals surface area contributed by atoms with Gasteiger partial charge in [-0.15, -0.1) is 0 Å². The van der Waals surface area contributed by atoms with Gasteiger partial charge in [0.05, 0.1) is 5.69 Å². The molecule has 0 aliphatic heterocycles. The molecule has 1 heterocycles. The number of hydrogen-bond acceptors (Lipinski definition) is 4. The van der Waals surface area contributed by atoms with Crippen LogP contribution in [0.3, 0.4) is 0 Å². The highest BCUT2D eigenvalue weighted by atomic mass is 32.2. The fourth-order valence-electron chi connectivity index (χ4n) is 2.10. The van der Waals surface area contributed by atoms with Crippen molar-refractivity contribution in [1.29, 1.82) is 0 Å². The number of aromatic nitrogens is 1. The highest BCUT2D eigenvalue weighted by Crippen LogP contribution is 2.33. The predicted octanol–water partition coefficient (Wildman–Crippen LogP) is 1.35. The third kappa shape index (κ3) is 3.13. The summed E-state index contributed by atoms with van der Waals surface area (Å²) in [6.07, 6.45) is 3.47. The van der Waals surface area contributed by atoms with Crippen molar-refractivity contribution in [2.24, 2.45) is 11.7 Å². The van der Waals surface area contributed by atoms with E-state index in [-0.39, 0.29) is 17.5 Å². The average molecular weight is 283 g/mol. The predicted molar refractivity (Wildman–Crippen MR) is 73.9 cm³/mol. The van der Waals surface area contributed by atoms with Gasteiger partial charge in [0.25, 0.3) is 0 Å². The monoisotopic (exact) mass is 283 g/mol. The van der Waals surface area contributed by atoms with Crippen LogP contribution in [0.15, 0.2) is 23.2 Å². The summed E-state index contributed by atoms with van der Waals surface area (Å²) in [7, 11) is -3.48. The van der Waals surface area contributed by atoms with Gasteiger partial charge in [0.2, 0.25) is 10.0 Å². The Labute approximate surface area is 114 Å². The fraction of sp³-hybridized carbons (Fsp3) is 0.615. The summed E-state index contributed by atoms with van der Waals surface area (Å²) in [5.41, 5.74) is 6.04. The van der Waals surface area contributed by atoms with Gasteiger partial charge in [-0.05, 0) is 30.9 Å². The lowest BCUT2D eigenvalue weighted by atomic mass is 10.2. The summed E-state index contributed by atoms with van der Waals surface area (Å²) in [5.74, 6) is 0.299. The first-order chi connectivity index (χ1) is 8.96. The van der Waals surface area contributed by atoms with E-state index in [1.165, 1.54) is 0 Å². The molecule has 1 saturated carbocycles. The maximum absolute atomic E-state index is 12.8. The zero-order chi connectivity index (χ0) is 14.0. The first kappa shape index (κ1) is 14.4. The summed E-state index contributed by atoms with van der Waals surface area (Å²) < 4.78 is 27.1. The SMILES string of the molecule is CC(C)CN(C1CC1)S(=O)(=O)c1cccnc1CN. The molecule has 0 spiro atoms. The van der Waals surface area contributed by atoms with Crippen molar-refractivity contribution < 1.29 is 8.42 Å². The van der Waals surface area contributed by atoms with E-state index in [1.807, 2.05) is 13.8 Å². The zero-order valence-electron chi connectivity index (χ0n) is 11.4. The Kier molecular flexibility index (Phi) is 4.23. The molecule has 1 fully saturated rings. The van der Waals surface area contributed by atoms with Crippen LogP contribution in [-0.2, 0) is 16.6 Å². The molecular weight excluding hydrogens is 262 g/mol. The van der Waals surface area contributed by atoms with Gasteiger partial charge < -0.3 is 5.73 Å². The van der Waals surface area contributed by atoms with E-state index in [9.17, 15) is 8.42 Å². The molecule has 0 radical (unpaired) electrons. The molecule has 2 N–H and O–H groups in total. The lowest BCUT2D eigenvalue weighted by Crippen LogP contribution is -2.36. The van der Waals surface area contributed by atoms with Gasteiger partial charge in [-0.2, -0.15) is 4.31 Å². The molecule has 0 saturated heterocycles. The smallest absolute Gasteiger partial charge is 0.245 e. The van der Waals surface area contributed by atoms with Crippen LogP contribution in [0.5, 0.6) is 0 Å². The molecule has 5 nitrogen and oxygen atoms in total. The minimum atomic E-state index is -3.48. The second-order valence-corrected chi connectivity index (χ2v) is 7.21. The molecule has 1 aromatic heterocycles. The first-order valence-corrected chi connectivity index (χ1v) is 8.06. The Bertz CT molecular complexity index is 539. The molecule has 106 valence electrons. The van der Waals surface area contributed by atoms with Crippen LogP contribution in [0.2, 0.25) is 0 Å². The molecule has 1 aliphatic rings. The number of rotatable bonds is 6. The summed E-state index contributed by atoms with van der Waals surface area (Å²) in [6.45, 7) is 4.73. The maximum atomic E-state index is 12.8. The van der Waals surface area contributed by atoms with Crippen molar-refractivity contribution in [2.75, 3.05) is 6.54 Å². The molecule has 0 bridgehead atoms. The summed E-state index contributed by atoms with van der Waals surface area (Å²) in [4.78, 5) is 4.33. The minimum absolute atomic E-state index is 0.135. The molecule has 0 aromatic carbocycles. The van der Waals surface area contributed by atoms with E-state index in [0.29, 0.717) is 18.2 Å². The first-order valence-electron chi connectivity index (χ1n) is 6.62. The molecule has 0 atom stereocenters. The molecule has 1 aliphatic carbocycles. The summed E-state index contributed by atoms with van der Waals surface area (Å²) in [6, 6.07) is 3.39. The lowest BCUT2D eigenvalue weighted by Gasteiger charge is -2.24. The van der Waals surface area contributed by atoms with Crippen LogP contribution < -0.4 is 5.73 Å². The molecule has 2 rings (SSSR count). The van der Waals surface area contributed by atoms with Crippen LogP contribution in [0.4, 0.5) is 0 Å². The molecule has 0 amide bonds. The number of sulfonamides is 1. The lowest BCUT2D eigenvalue weighted by molar-refractivity contribution is 0.359. The van der Waals surface area contributed by atoms with Crippen molar-refractivity contribution in [1.82, 2.24) is 9.29 Å². The summed E-state index contributed by atoms with van der Waals surface area (Å²) >= 11 is 0. The van der Waals surface area contributed by atoms with Crippen molar-refractivity contribution in [2.45, 2.75) is 44.2 Å². The van der Waals surface area contributed by atoms with E-state index < -0.39 is 10.0 Å². The van der Waals surface area contributed by atoms with E-state index in [4.69, 9.17) is 5.73 Å². The van der Waals surface area contributed by atoms with Crippen LogP contribution in [0, 0.1) is 5.92 Å². The Morgan fingerprint density at radius 2 is 2.16 bits per heavy atom. The summed E-state index contributed by atoms with van der Waals surface area (Å²) in [5, 5.41) is 0. The normalized spacial score (nSPS) is 16.3. The highest BCUT2D eigenvalue weighted by Gasteiger charge is 2.39. The molecular formula is C13H21N3O2S. The van der Waals surface area contributed by atoms with E-state index >= 15 is 0 Å². The van der Waals surface area contributed by atoms with Gasteiger partial charge in [0, 0.05) is 25.3 Å². The second kappa shape index (κ2) is 5.56. The standard InChI is InChI=1S/C13H21N3O2S/c1-10(2)9-16(11-5-6-11)19(17,18)13-4-3-7-15-12(13)8-14/h3-4,7,10-11H,5-6,8-9,14H2,1-2H3. The van der Waals surface area contributed by atoms with Crippen LogP contribution in [0.1, 0.15) is 32.4 Å². The molecule has 6 heteroatoms. The highest BCUT2D eigenvalue weighted by molar-refractivity contribution is 7.89. The fourth-order valence-corrected chi connectivity index (χ4v) is 4.14. The Hall–Kier alpha value is -0.980. The van der Waals surface area contributed by atoms with Gasteiger partial charge >= 0.3 is 0 Å². The number of hydrogen-bond donors (Lipinski definition) is 1.